The molecule has 2 N–H and O–H groups in total. The third-order valence-corrected chi connectivity index (χ3v) is 2.99. The maximum absolute atomic E-state index is 6.04. The van der Waals surface area contributed by atoms with Gasteiger partial charge < -0.3 is 10.5 Å². The highest BCUT2D eigenvalue weighted by atomic mass is 16.5. The average Bonchev–Trinajstić information content (AvgIpc) is 2.38. The average molecular weight is 229 g/mol. The molecule has 0 aliphatic heterocycles. The molecule has 2 nitrogen and oxygen atoms in total. The molecule has 0 fully saturated rings. The lowest BCUT2D eigenvalue weighted by atomic mass is 10.1. The predicted molar refractivity (Wildman–Crippen MR) is 72.3 cm³/mol. The Morgan fingerprint density at radius 2 is 1.88 bits per heavy atom. The van der Waals surface area contributed by atoms with Gasteiger partial charge in [-0.25, -0.2) is 0 Å². The fraction of sp³-hybridized carbons (Fsp3) is 0.333. The molecule has 0 aliphatic rings. The van der Waals surface area contributed by atoms with E-state index in [4.69, 9.17) is 10.5 Å². The molecule has 2 aromatic rings. The molecule has 0 spiro atoms. The summed E-state index contributed by atoms with van der Waals surface area (Å²) in [5.74, 6) is 0.961. The second kappa shape index (κ2) is 5.69. The Kier molecular flexibility index (Phi) is 3.99. The Morgan fingerprint density at radius 1 is 1.12 bits per heavy atom. The van der Waals surface area contributed by atoms with E-state index in [1.54, 1.807) is 0 Å². The van der Waals surface area contributed by atoms with Gasteiger partial charge >= 0.3 is 0 Å². The molecule has 2 heteroatoms. The van der Waals surface area contributed by atoms with Crippen LogP contribution in [0, 0.1) is 0 Å². The quantitative estimate of drug-likeness (QED) is 0.853. The molecule has 0 heterocycles. The Morgan fingerprint density at radius 3 is 2.65 bits per heavy atom. The van der Waals surface area contributed by atoms with Crippen LogP contribution in [0.2, 0.25) is 0 Å². The van der Waals surface area contributed by atoms with Crippen LogP contribution < -0.4 is 10.5 Å². The second-order valence-electron chi connectivity index (χ2n) is 4.20. The number of hydrogen-bond acceptors (Lipinski definition) is 2. The van der Waals surface area contributed by atoms with E-state index >= 15 is 0 Å². The van der Waals surface area contributed by atoms with Gasteiger partial charge in [-0.3, -0.25) is 0 Å². The van der Waals surface area contributed by atoms with E-state index in [0.717, 1.165) is 18.6 Å². The summed E-state index contributed by atoms with van der Waals surface area (Å²) in [7, 11) is 0. The molecule has 1 unspecified atom stereocenters. The molecule has 0 saturated carbocycles. The molecule has 17 heavy (non-hydrogen) atoms. The zero-order valence-electron chi connectivity index (χ0n) is 10.2. The zero-order chi connectivity index (χ0) is 12.1. The van der Waals surface area contributed by atoms with Gasteiger partial charge in [-0.15, -0.1) is 0 Å². The number of ether oxygens (including phenoxy) is 1. The zero-order valence-corrected chi connectivity index (χ0v) is 10.2. The van der Waals surface area contributed by atoms with Crippen LogP contribution in [0.1, 0.15) is 19.8 Å². The predicted octanol–water partition coefficient (Wildman–Crippen LogP) is 3.35. The van der Waals surface area contributed by atoms with E-state index in [-0.39, 0.29) is 6.10 Å². The van der Waals surface area contributed by atoms with Gasteiger partial charge in [0.05, 0.1) is 6.10 Å². The first-order valence-corrected chi connectivity index (χ1v) is 6.19. The topological polar surface area (TPSA) is 35.2 Å². The third kappa shape index (κ3) is 2.77. The van der Waals surface area contributed by atoms with E-state index < -0.39 is 0 Å². The van der Waals surface area contributed by atoms with Crippen molar-refractivity contribution in [2.75, 3.05) is 6.54 Å². The second-order valence-corrected chi connectivity index (χ2v) is 4.20. The number of benzene rings is 2. The molecule has 2 aromatic carbocycles. The number of fused-ring (bicyclic) bond motifs is 1. The summed E-state index contributed by atoms with van der Waals surface area (Å²) < 4.78 is 6.04. The maximum Gasteiger partial charge on any atom is 0.127 e. The fourth-order valence-electron chi connectivity index (χ4n) is 2.01. The minimum Gasteiger partial charge on any atom is -0.490 e. The van der Waals surface area contributed by atoms with Crippen molar-refractivity contribution < 1.29 is 4.74 Å². The van der Waals surface area contributed by atoms with Crippen molar-refractivity contribution in [3.05, 3.63) is 42.5 Å². The fourth-order valence-corrected chi connectivity index (χ4v) is 2.01. The van der Waals surface area contributed by atoms with Crippen molar-refractivity contribution in [2.24, 2.45) is 5.73 Å². The normalized spacial score (nSPS) is 12.6. The van der Waals surface area contributed by atoms with Crippen LogP contribution in [0.25, 0.3) is 10.8 Å². The largest absolute Gasteiger partial charge is 0.490 e. The summed E-state index contributed by atoms with van der Waals surface area (Å²) in [5.41, 5.74) is 5.59. The molecule has 2 rings (SSSR count). The molecule has 0 amide bonds. The highest BCUT2D eigenvalue weighted by Crippen LogP contribution is 2.26. The Balaban J connectivity index is 2.28. The third-order valence-electron chi connectivity index (χ3n) is 2.99. The first kappa shape index (κ1) is 11.9. The van der Waals surface area contributed by atoms with Crippen molar-refractivity contribution in [3.8, 4) is 5.75 Å². The van der Waals surface area contributed by atoms with Crippen molar-refractivity contribution in [1.82, 2.24) is 0 Å². The Hall–Kier alpha value is -1.54. The summed E-state index contributed by atoms with van der Waals surface area (Å²) in [6.45, 7) is 2.80. The molecule has 0 radical (unpaired) electrons. The van der Waals surface area contributed by atoms with Crippen molar-refractivity contribution in [2.45, 2.75) is 25.9 Å². The number of hydrogen-bond donors (Lipinski definition) is 1. The number of nitrogens with two attached hydrogens (primary N) is 1. The Bertz CT molecular complexity index is 476. The van der Waals surface area contributed by atoms with Crippen LogP contribution in [0.15, 0.2) is 42.5 Å². The van der Waals surface area contributed by atoms with Crippen molar-refractivity contribution in [3.63, 3.8) is 0 Å². The molecule has 1 atom stereocenters. The van der Waals surface area contributed by atoms with Gasteiger partial charge in [-0.1, -0.05) is 43.3 Å². The van der Waals surface area contributed by atoms with Crippen LogP contribution in [0.3, 0.4) is 0 Å². The minimum atomic E-state index is 0.214. The lowest BCUT2D eigenvalue weighted by molar-refractivity contribution is 0.192. The SMILES string of the molecule is CCC(CCN)Oc1cccc2ccccc12. The van der Waals surface area contributed by atoms with Crippen LogP contribution in [0.4, 0.5) is 0 Å². The maximum atomic E-state index is 6.04. The van der Waals surface area contributed by atoms with Crippen LogP contribution in [0.5, 0.6) is 5.75 Å². The lowest BCUT2D eigenvalue weighted by Crippen LogP contribution is -2.19. The van der Waals surface area contributed by atoms with Gasteiger partial charge in [-0.2, -0.15) is 0 Å². The molecule has 0 saturated heterocycles. The monoisotopic (exact) mass is 229 g/mol. The van der Waals surface area contributed by atoms with Crippen molar-refractivity contribution >= 4 is 10.8 Å². The molecular weight excluding hydrogens is 210 g/mol. The van der Waals surface area contributed by atoms with Gasteiger partial charge in [0.15, 0.2) is 0 Å². The molecular formula is C15H19NO. The van der Waals surface area contributed by atoms with Crippen LogP contribution in [-0.4, -0.2) is 12.6 Å². The molecule has 0 aromatic heterocycles. The highest BCUT2D eigenvalue weighted by Gasteiger charge is 2.08. The van der Waals surface area contributed by atoms with Crippen molar-refractivity contribution in [1.29, 1.82) is 0 Å². The van der Waals surface area contributed by atoms with E-state index in [1.165, 1.54) is 10.8 Å². The van der Waals surface area contributed by atoms with E-state index in [2.05, 4.69) is 25.1 Å². The standard InChI is InChI=1S/C15H19NO/c1-2-13(10-11-16)17-15-9-5-7-12-6-3-4-8-14(12)15/h3-9,13H,2,10-11,16H2,1H3. The van der Waals surface area contributed by atoms with Crippen LogP contribution in [-0.2, 0) is 0 Å². The van der Waals surface area contributed by atoms with E-state index in [1.807, 2.05) is 24.3 Å². The van der Waals surface area contributed by atoms with E-state index in [0.29, 0.717) is 6.54 Å². The lowest BCUT2D eigenvalue weighted by Gasteiger charge is -2.18. The molecule has 0 bridgehead atoms. The molecule has 90 valence electrons. The summed E-state index contributed by atoms with van der Waals surface area (Å²) in [6.07, 6.45) is 2.10. The van der Waals surface area contributed by atoms with Gasteiger partial charge in [0.2, 0.25) is 0 Å². The molecule has 0 aliphatic carbocycles. The van der Waals surface area contributed by atoms with E-state index in [9.17, 15) is 0 Å². The Labute approximate surface area is 102 Å². The summed E-state index contributed by atoms with van der Waals surface area (Å²) in [6, 6.07) is 14.5. The summed E-state index contributed by atoms with van der Waals surface area (Å²) >= 11 is 0. The van der Waals surface area contributed by atoms with Gasteiger partial charge in [-0.05, 0) is 30.8 Å². The smallest absolute Gasteiger partial charge is 0.127 e. The van der Waals surface area contributed by atoms with Gasteiger partial charge in [0.1, 0.15) is 5.75 Å². The highest BCUT2D eigenvalue weighted by molar-refractivity contribution is 5.88. The first-order valence-electron chi connectivity index (χ1n) is 6.19. The minimum absolute atomic E-state index is 0.214. The van der Waals surface area contributed by atoms with Gasteiger partial charge in [0, 0.05) is 5.39 Å². The van der Waals surface area contributed by atoms with Crippen LogP contribution >= 0.6 is 0 Å². The van der Waals surface area contributed by atoms with Gasteiger partial charge in [0.25, 0.3) is 0 Å². The summed E-state index contributed by atoms with van der Waals surface area (Å²) in [5, 5.41) is 2.39. The first-order chi connectivity index (χ1) is 8.35. The number of rotatable bonds is 5. The summed E-state index contributed by atoms with van der Waals surface area (Å²) in [4.78, 5) is 0.